The first-order chi connectivity index (χ1) is 6.13. The van der Waals surface area contributed by atoms with Gasteiger partial charge in [-0.1, -0.05) is 0 Å². The van der Waals surface area contributed by atoms with E-state index in [0.29, 0.717) is 0 Å². The van der Waals surface area contributed by atoms with Crippen molar-refractivity contribution in [3.05, 3.63) is 0 Å². The Bertz CT molecular complexity index is 297. The van der Waals surface area contributed by atoms with Crippen LogP contribution in [0.15, 0.2) is 0 Å². The number of amides is 1. The van der Waals surface area contributed by atoms with Gasteiger partial charge in [0.15, 0.2) is 0 Å². The van der Waals surface area contributed by atoms with E-state index in [2.05, 4.69) is 0 Å². The van der Waals surface area contributed by atoms with Crippen LogP contribution in [-0.2, 0) is 14.9 Å². The summed E-state index contributed by atoms with van der Waals surface area (Å²) in [5.41, 5.74) is 0. The second-order valence-corrected chi connectivity index (χ2v) is 3.47. The van der Waals surface area contributed by atoms with Gasteiger partial charge in [-0.2, -0.15) is 8.42 Å². The maximum atomic E-state index is 10.7. The topological polar surface area (TPSA) is 83.5 Å². The second-order valence-electron chi connectivity index (χ2n) is 1.90. The third kappa shape index (κ3) is 9.38. The van der Waals surface area contributed by atoms with Gasteiger partial charge in [-0.15, -0.1) is 0 Å². The average molecular weight is 184 g/mol. The van der Waals surface area contributed by atoms with Crippen LogP contribution in [0.2, 0.25) is 0 Å². The van der Waals surface area contributed by atoms with Gasteiger partial charge < -0.3 is 5.32 Å². The van der Waals surface area contributed by atoms with E-state index >= 15 is 0 Å². The Hall–Kier alpha value is -0.620. The molecule has 1 amide bonds. The average Bonchev–Trinajstić information content (AvgIpc) is 1.93. The standard InChI is InChI=1S/C5H11NO4S/c1-5(7)6-3-2-4-11(8,9)10/h2-4H2,1H3,(H,6,7)(H,8,9,10)/i1D3. The van der Waals surface area contributed by atoms with Crippen molar-refractivity contribution in [3.63, 3.8) is 0 Å². The van der Waals surface area contributed by atoms with E-state index in [-0.39, 0.29) is 13.0 Å². The van der Waals surface area contributed by atoms with Crippen molar-refractivity contribution in [1.82, 2.24) is 5.32 Å². The quantitative estimate of drug-likeness (QED) is 0.451. The zero-order valence-electron chi connectivity index (χ0n) is 8.70. The molecule has 0 spiro atoms. The summed E-state index contributed by atoms with van der Waals surface area (Å²) in [5.74, 6) is -1.64. The molecule has 0 unspecified atom stereocenters. The van der Waals surface area contributed by atoms with E-state index in [0.717, 1.165) is 0 Å². The number of nitrogens with one attached hydrogen (secondary N) is 1. The summed E-state index contributed by atoms with van der Waals surface area (Å²) in [5, 5.41) is 2.02. The van der Waals surface area contributed by atoms with Gasteiger partial charge >= 0.3 is 0 Å². The van der Waals surface area contributed by atoms with Crippen LogP contribution in [0.3, 0.4) is 0 Å². The Kier molecular flexibility index (Phi) is 2.33. The predicted molar refractivity (Wildman–Crippen MR) is 39.7 cm³/mol. The predicted octanol–water partition coefficient (Wildman–Crippen LogP) is -0.600. The molecular formula is C5H11NO4S. The summed E-state index contributed by atoms with van der Waals surface area (Å²) in [6.07, 6.45) is -0.0271. The molecule has 0 saturated carbocycles. The van der Waals surface area contributed by atoms with Crippen molar-refractivity contribution in [1.29, 1.82) is 0 Å². The summed E-state index contributed by atoms with van der Waals surface area (Å²) in [6, 6.07) is 0. The minimum atomic E-state index is -4.05. The summed E-state index contributed by atoms with van der Waals surface area (Å²) in [6.45, 7) is -2.82. The van der Waals surface area contributed by atoms with Crippen molar-refractivity contribution >= 4 is 16.0 Å². The number of hydrogen-bond acceptors (Lipinski definition) is 3. The molecule has 0 radical (unpaired) electrons. The lowest BCUT2D eigenvalue weighted by Gasteiger charge is -1.98. The molecule has 0 heterocycles. The molecule has 2 N–H and O–H groups in total. The first-order valence-corrected chi connectivity index (χ1v) is 4.47. The van der Waals surface area contributed by atoms with Crippen LogP contribution >= 0.6 is 0 Å². The third-order valence-corrected chi connectivity index (χ3v) is 1.67. The maximum absolute atomic E-state index is 10.7. The van der Waals surface area contributed by atoms with Gasteiger partial charge in [0, 0.05) is 17.5 Å². The van der Waals surface area contributed by atoms with Crippen LogP contribution in [0.25, 0.3) is 0 Å². The van der Waals surface area contributed by atoms with Crippen LogP contribution in [0.4, 0.5) is 0 Å². The fourth-order valence-electron chi connectivity index (χ4n) is 0.456. The summed E-state index contributed by atoms with van der Waals surface area (Å²) in [7, 11) is -4.05. The molecule has 0 aromatic rings. The molecule has 6 heteroatoms. The molecule has 0 aromatic heterocycles. The summed E-state index contributed by atoms with van der Waals surface area (Å²) >= 11 is 0. The minimum Gasteiger partial charge on any atom is -0.356 e. The van der Waals surface area contributed by atoms with Gasteiger partial charge in [0.25, 0.3) is 10.1 Å². The molecule has 0 bridgehead atoms. The zero-order chi connectivity index (χ0) is 11.4. The van der Waals surface area contributed by atoms with Crippen molar-refractivity contribution in [2.45, 2.75) is 13.3 Å². The smallest absolute Gasteiger partial charge is 0.264 e. The summed E-state index contributed by atoms with van der Waals surface area (Å²) in [4.78, 5) is 10.7. The van der Waals surface area contributed by atoms with Crippen LogP contribution in [0, 0.1) is 0 Å². The number of carbonyl (C=O) groups is 1. The highest BCUT2D eigenvalue weighted by Gasteiger charge is 2.02. The minimum absolute atomic E-state index is 0.0271. The van der Waals surface area contributed by atoms with Crippen LogP contribution in [0.1, 0.15) is 17.4 Å². The fourth-order valence-corrected chi connectivity index (χ4v) is 0.966. The Labute approximate surface area is 69.8 Å². The third-order valence-electron chi connectivity index (χ3n) is 0.865. The highest BCUT2D eigenvalue weighted by atomic mass is 32.2. The molecule has 0 aromatic carbocycles. The molecule has 0 fully saturated rings. The number of rotatable bonds is 4. The van der Waals surface area contributed by atoms with E-state index in [1.165, 1.54) is 0 Å². The molecule has 0 aliphatic heterocycles. The van der Waals surface area contributed by atoms with Crippen molar-refractivity contribution in [3.8, 4) is 0 Å². The molecule has 5 nitrogen and oxygen atoms in total. The summed E-state index contributed by atoms with van der Waals surface area (Å²) < 4.78 is 48.6. The molecular weight excluding hydrogens is 170 g/mol. The first kappa shape index (κ1) is 5.96. The van der Waals surface area contributed by atoms with Gasteiger partial charge in [-0.3, -0.25) is 9.35 Å². The monoisotopic (exact) mass is 184 g/mol. The van der Waals surface area contributed by atoms with Crippen molar-refractivity contribution < 1.29 is 21.9 Å². The molecule has 11 heavy (non-hydrogen) atoms. The Morgan fingerprint density at radius 1 is 1.73 bits per heavy atom. The number of hydrogen-bond donors (Lipinski definition) is 2. The molecule has 0 aliphatic rings. The Balaban J connectivity index is 3.72. The molecule has 66 valence electrons. The largest absolute Gasteiger partial charge is 0.356 e. The maximum Gasteiger partial charge on any atom is 0.264 e. The van der Waals surface area contributed by atoms with Crippen LogP contribution in [-0.4, -0.2) is 31.2 Å². The first-order valence-electron chi connectivity index (χ1n) is 4.36. The molecule has 0 saturated heterocycles. The van der Waals surface area contributed by atoms with E-state index < -0.39 is 28.6 Å². The normalized spacial score (nSPS) is 16.3. The van der Waals surface area contributed by atoms with Crippen molar-refractivity contribution in [2.75, 3.05) is 12.3 Å². The van der Waals surface area contributed by atoms with E-state index in [1.54, 1.807) is 0 Å². The van der Waals surface area contributed by atoms with E-state index in [1.807, 2.05) is 5.32 Å². The van der Waals surface area contributed by atoms with Crippen molar-refractivity contribution in [2.24, 2.45) is 0 Å². The zero-order valence-corrected chi connectivity index (χ0v) is 6.52. The molecule has 0 atom stereocenters. The second kappa shape index (κ2) is 4.30. The van der Waals surface area contributed by atoms with Crippen LogP contribution in [0.5, 0.6) is 0 Å². The van der Waals surface area contributed by atoms with Gasteiger partial charge in [0.1, 0.15) is 0 Å². The Morgan fingerprint density at radius 2 is 2.36 bits per heavy atom. The van der Waals surface area contributed by atoms with Crippen LogP contribution < -0.4 is 5.32 Å². The molecule has 0 rings (SSSR count). The molecule has 0 aliphatic carbocycles. The lowest BCUT2D eigenvalue weighted by molar-refractivity contribution is -0.118. The SMILES string of the molecule is [2H]C([2H])([2H])C(=O)NCCCS(=O)(=O)O. The van der Waals surface area contributed by atoms with Gasteiger partial charge in [0.05, 0.1) is 5.75 Å². The van der Waals surface area contributed by atoms with Gasteiger partial charge in [-0.05, 0) is 6.42 Å². The van der Waals surface area contributed by atoms with Gasteiger partial charge in [-0.25, -0.2) is 0 Å². The Morgan fingerprint density at radius 3 is 2.82 bits per heavy atom. The highest BCUT2D eigenvalue weighted by Crippen LogP contribution is 1.85. The fraction of sp³-hybridized carbons (Fsp3) is 0.800. The van der Waals surface area contributed by atoms with E-state index in [9.17, 15) is 13.2 Å². The number of carbonyl (C=O) groups excluding carboxylic acids is 1. The van der Waals surface area contributed by atoms with E-state index in [4.69, 9.17) is 8.67 Å². The lowest BCUT2D eigenvalue weighted by atomic mass is 10.5. The van der Waals surface area contributed by atoms with Gasteiger partial charge in [0.2, 0.25) is 5.91 Å². The highest BCUT2D eigenvalue weighted by molar-refractivity contribution is 7.85. The lowest BCUT2D eigenvalue weighted by Crippen LogP contribution is -2.22.